The number of nitrogen functional groups attached to an aromatic ring is 1. The summed E-state index contributed by atoms with van der Waals surface area (Å²) in [6, 6.07) is 18.2. The first-order chi connectivity index (χ1) is 15.6. The molecule has 0 aliphatic heterocycles. The first-order valence-electron chi connectivity index (χ1n) is 11.3. The van der Waals surface area contributed by atoms with Crippen LogP contribution in [0.2, 0.25) is 0 Å². The van der Waals surface area contributed by atoms with E-state index >= 15 is 0 Å². The summed E-state index contributed by atoms with van der Waals surface area (Å²) in [6.07, 6.45) is 5.82. The van der Waals surface area contributed by atoms with Gasteiger partial charge in [-0.05, 0) is 108 Å². The molecular formula is C29H33NO3. The van der Waals surface area contributed by atoms with Crippen molar-refractivity contribution in [2.75, 3.05) is 5.73 Å². The van der Waals surface area contributed by atoms with Crippen molar-refractivity contribution in [3.63, 3.8) is 0 Å². The van der Waals surface area contributed by atoms with E-state index in [4.69, 9.17) is 15.9 Å². The number of aromatic hydroxyl groups is 1. The molecule has 0 heterocycles. The van der Waals surface area contributed by atoms with Gasteiger partial charge in [-0.2, -0.15) is 0 Å². The van der Waals surface area contributed by atoms with Crippen LogP contribution in [-0.2, 0) is 11.8 Å². The largest absolute Gasteiger partial charge is 0.508 e. The van der Waals surface area contributed by atoms with Gasteiger partial charge in [-0.25, -0.2) is 4.79 Å². The van der Waals surface area contributed by atoms with Gasteiger partial charge < -0.3 is 15.9 Å². The van der Waals surface area contributed by atoms with Crippen molar-refractivity contribution in [2.24, 2.45) is 0 Å². The van der Waals surface area contributed by atoms with Crippen molar-refractivity contribution in [3.05, 3.63) is 94.0 Å². The van der Waals surface area contributed by atoms with Gasteiger partial charge in [0.2, 0.25) is 0 Å². The van der Waals surface area contributed by atoms with Gasteiger partial charge >= 0.3 is 5.97 Å². The molecule has 0 saturated carbocycles. The molecule has 0 bridgehead atoms. The maximum atomic E-state index is 11.0. The number of carboxylic acids is 1. The number of rotatable bonds is 3. The molecule has 1 aliphatic rings. The van der Waals surface area contributed by atoms with Crippen LogP contribution in [0.3, 0.4) is 0 Å². The summed E-state index contributed by atoms with van der Waals surface area (Å²) in [5.74, 6) is -0.640. The molecule has 3 aromatic rings. The third-order valence-electron chi connectivity index (χ3n) is 6.29. The zero-order valence-corrected chi connectivity index (χ0v) is 19.9. The van der Waals surface area contributed by atoms with E-state index in [-0.39, 0.29) is 11.2 Å². The van der Waals surface area contributed by atoms with Crippen molar-refractivity contribution >= 4 is 23.3 Å². The number of benzene rings is 3. The molecule has 33 heavy (non-hydrogen) atoms. The second-order valence-electron chi connectivity index (χ2n) is 9.41. The smallest absolute Gasteiger partial charge is 0.335 e. The van der Waals surface area contributed by atoms with E-state index in [1.807, 2.05) is 12.1 Å². The van der Waals surface area contributed by atoms with Gasteiger partial charge in [-0.3, -0.25) is 0 Å². The van der Waals surface area contributed by atoms with Gasteiger partial charge in [-0.15, -0.1) is 0 Å². The van der Waals surface area contributed by atoms with Gasteiger partial charge in [-0.1, -0.05) is 44.2 Å². The number of nitrogens with two attached hydrogens (primary N) is 1. The fraction of sp³-hybridized carbons (Fsp3) is 0.276. The molecule has 0 fully saturated rings. The highest BCUT2D eigenvalue weighted by molar-refractivity contribution is 5.88. The average molecular weight is 444 g/mol. The lowest BCUT2D eigenvalue weighted by molar-refractivity contribution is 0.0697. The van der Waals surface area contributed by atoms with Crippen LogP contribution in [0, 0.1) is 6.92 Å². The van der Waals surface area contributed by atoms with E-state index in [2.05, 4.69) is 45.9 Å². The normalized spacial score (nSPS) is 14.6. The Morgan fingerprint density at radius 2 is 1.67 bits per heavy atom. The lowest BCUT2D eigenvalue weighted by Gasteiger charge is -2.33. The fourth-order valence-corrected chi connectivity index (χ4v) is 4.41. The minimum Gasteiger partial charge on any atom is -0.508 e. The number of phenolic OH excluding ortho intramolecular Hbond substituents is 1. The molecule has 0 saturated heterocycles. The van der Waals surface area contributed by atoms with Crippen LogP contribution in [0.25, 0.3) is 11.6 Å². The molecule has 4 N–H and O–H groups in total. The Morgan fingerprint density at radius 3 is 2.24 bits per heavy atom. The Hall–Kier alpha value is -3.53. The van der Waals surface area contributed by atoms with E-state index < -0.39 is 5.97 Å². The van der Waals surface area contributed by atoms with Crippen LogP contribution in [-0.4, -0.2) is 16.2 Å². The molecule has 1 aliphatic carbocycles. The molecule has 4 rings (SSSR count). The van der Waals surface area contributed by atoms with E-state index in [9.17, 15) is 4.79 Å². The van der Waals surface area contributed by atoms with Crippen molar-refractivity contribution in [1.82, 2.24) is 0 Å². The third kappa shape index (κ3) is 6.04. The Morgan fingerprint density at radius 1 is 1.03 bits per heavy atom. The van der Waals surface area contributed by atoms with E-state index in [0.717, 1.165) is 5.56 Å². The minimum atomic E-state index is -0.889. The topological polar surface area (TPSA) is 83.5 Å². The number of carboxylic acid groups (broad SMARTS) is 1. The molecule has 172 valence electrons. The lowest BCUT2D eigenvalue weighted by atomic mass is 9.71. The second kappa shape index (κ2) is 9.95. The lowest BCUT2D eigenvalue weighted by Crippen LogP contribution is -2.24. The number of hydrogen-bond acceptors (Lipinski definition) is 3. The molecule has 0 amide bonds. The van der Waals surface area contributed by atoms with Crippen LogP contribution < -0.4 is 5.73 Å². The van der Waals surface area contributed by atoms with Gasteiger partial charge in [0.25, 0.3) is 0 Å². The monoisotopic (exact) mass is 443 g/mol. The second-order valence-corrected chi connectivity index (χ2v) is 9.41. The van der Waals surface area contributed by atoms with Crippen LogP contribution in [0.4, 0.5) is 5.69 Å². The van der Waals surface area contributed by atoms with E-state index in [0.29, 0.717) is 11.3 Å². The Labute approximate surface area is 196 Å². The van der Waals surface area contributed by atoms with Crippen molar-refractivity contribution < 1.29 is 15.0 Å². The molecule has 3 aromatic carbocycles. The van der Waals surface area contributed by atoms with Gasteiger partial charge in [0.05, 0.1) is 5.56 Å². The fourth-order valence-electron chi connectivity index (χ4n) is 4.41. The first-order valence-corrected chi connectivity index (χ1v) is 11.3. The highest BCUT2D eigenvalue weighted by Crippen LogP contribution is 2.39. The standard InChI is InChI=1S/C23H26O2.C6H7NO/c1-15(12-17-7-9-18(10-8-17)22(24)25)20-14-21-19(13-16(20)2)6-5-11-23(21,3)4;7-5-1-3-6(8)4-2-5/h7-10,12-14H,5-6,11H2,1-4H3,(H,24,25);1-4,8H,7H2/b15-12+;. The molecular weight excluding hydrogens is 410 g/mol. The summed E-state index contributed by atoms with van der Waals surface area (Å²) in [5, 5.41) is 17.7. The summed E-state index contributed by atoms with van der Waals surface area (Å²) in [6.45, 7) is 9.00. The molecule has 0 atom stereocenters. The highest BCUT2D eigenvalue weighted by Gasteiger charge is 2.28. The minimum absolute atomic E-state index is 0.236. The van der Waals surface area contributed by atoms with Crippen molar-refractivity contribution in [2.45, 2.75) is 52.4 Å². The number of allylic oxidation sites excluding steroid dienone is 1. The Bertz CT molecular complexity index is 1140. The van der Waals surface area contributed by atoms with Gasteiger partial charge in [0.15, 0.2) is 0 Å². The van der Waals surface area contributed by atoms with E-state index in [1.54, 1.807) is 36.4 Å². The third-order valence-corrected chi connectivity index (χ3v) is 6.29. The summed E-state index contributed by atoms with van der Waals surface area (Å²) in [5.41, 5.74) is 14.4. The van der Waals surface area contributed by atoms with Gasteiger partial charge in [0.1, 0.15) is 5.75 Å². The summed E-state index contributed by atoms with van der Waals surface area (Å²) in [7, 11) is 0. The Balaban J connectivity index is 0.000000323. The number of anilines is 1. The number of phenols is 1. The molecule has 4 heteroatoms. The first kappa shape index (κ1) is 24.1. The zero-order valence-electron chi connectivity index (χ0n) is 19.9. The van der Waals surface area contributed by atoms with Crippen LogP contribution >= 0.6 is 0 Å². The van der Waals surface area contributed by atoms with Crippen molar-refractivity contribution in [1.29, 1.82) is 0 Å². The van der Waals surface area contributed by atoms with Crippen LogP contribution in [0.1, 0.15) is 71.8 Å². The molecule has 4 nitrogen and oxygen atoms in total. The van der Waals surface area contributed by atoms with Crippen molar-refractivity contribution in [3.8, 4) is 5.75 Å². The van der Waals surface area contributed by atoms with Crippen LogP contribution in [0.15, 0.2) is 60.7 Å². The molecule has 0 radical (unpaired) electrons. The summed E-state index contributed by atoms with van der Waals surface area (Å²) >= 11 is 0. The number of fused-ring (bicyclic) bond motifs is 1. The number of hydrogen-bond donors (Lipinski definition) is 3. The molecule has 0 spiro atoms. The molecule has 0 unspecified atom stereocenters. The maximum absolute atomic E-state index is 11.0. The Kier molecular flexibility index (Phi) is 7.27. The van der Waals surface area contributed by atoms with E-state index in [1.165, 1.54) is 47.1 Å². The van der Waals surface area contributed by atoms with Crippen LogP contribution in [0.5, 0.6) is 5.75 Å². The summed E-state index contributed by atoms with van der Waals surface area (Å²) < 4.78 is 0. The predicted octanol–water partition coefficient (Wildman–Crippen LogP) is 6.84. The zero-order chi connectivity index (χ0) is 24.2. The number of aromatic carboxylic acids is 1. The maximum Gasteiger partial charge on any atom is 0.335 e. The quantitative estimate of drug-likeness (QED) is 0.235. The predicted molar refractivity (Wildman–Crippen MR) is 137 cm³/mol. The van der Waals surface area contributed by atoms with Gasteiger partial charge in [0, 0.05) is 5.69 Å². The molecule has 0 aromatic heterocycles. The average Bonchev–Trinajstić information content (AvgIpc) is 2.76. The number of aryl methyl sites for hydroxylation is 2. The summed E-state index contributed by atoms with van der Waals surface area (Å²) in [4.78, 5) is 11.0. The number of carbonyl (C=O) groups is 1. The SMILES string of the molecule is C/C(=C\c1ccc(C(=O)O)cc1)c1cc2c(cc1C)CCCC2(C)C.Nc1ccc(O)cc1. The highest BCUT2D eigenvalue weighted by atomic mass is 16.4.